The van der Waals surface area contributed by atoms with E-state index >= 15 is 0 Å². The van der Waals surface area contributed by atoms with E-state index in [1.54, 1.807) is 7.11 Å². The van der Waals surface area contributed by atoms with Crippen molar-refractivity contribution in [1.82, 2.24) is 5.32 Å². The van der Waals surface area contributed by atoms with Crippen molar-refractivity contribution in [2.45, 2.75) is 32.9 Å². The van der Waals surface area contributed by atoms with Crippen LogP contribution < -0.4 is 10.1 Å². The molecule has 1 unspecified atom stereocenters. The first-order chi connectivity index (χ1) is 9.21. The molecule has 0 saturated heterocycles. The number of hydrogen-bond donors (Lipinski definition) is 1. The summed E-state index contributed by atoms with van der Waals surface area (Å²) in [4.78, 5) is 0. The fourth-order valence-corrected chi connectivity index (χ4v) is 2.55. The van der Waals surface area contributed by atoms with E-state index in [1.807, 2.05) is 30.0 Å². The lowest BCUT2D eigenvalue weighted by Crippen LogP contribution is -2.26. The van der Waals surface area contributed by atoms with Crippen LogP contribution in [0.15, 0.2) is 18.2 Å². The van der Waals surface area contributed by atoms with Gasteiger partial charge in [0.05, 0.1) is 12.7 Å². The van der Waals surface area contributed by atoms with Gasteiger partial charge in [0.1, 0.15) is 11.8 Å². The molecule has 1 rings (SSSR count). The van der Waals surface area contributed by atoms with Crippen molar-refractivity contribution < 1.29 is 4.74 Å². The quantitative estimate of drug-likeness (QED) is 0.742. The molecular weight excluding hydrogens is 256 g/mol. The van der Waals surface area contributed by atoms with Gasteiger partial charge in [-0.1, -0.05) is 13.0 Å². The molecule has 0 heterocycles. The zero-order valence-electron chi connectivity index (χ0n) is 11.9. The number of benzene rings is 1. The summed E-state index contributed by atoms with van der Waals surface area (Å²) < 4.78 is 5.21. The fourth-order valence-electron chi connectivity index (χ4n) is 1.74. The molecule has 0 amide bonds. The lowest BCUT2D eigenvalue weighted by Gasteiger charge is -2.14. The van der Waals surface area contributed by atoms with Gasteiger partial charge in [0, 0.05) is 12.6 Å². The fraction of sp³-hybridized carbons (Fsp3) is 0.533. The van der Waals surface area contributed by atoms with E-state index in [9.17, 15) is 0 Å². The van der Waals surface area contributed by atoms with Gasteiger partial charge in [0.25, 0.3) is 0 Å². The molecule has 1 aromatic carbocycles. The van der Waals surface area contributed by atoms with Crippen molar-refractivity contribution >= 4 is 11.8 Å². The summed E-state index contributed by atoms with van der Waals surface area (Å²) in [6.45, 7) is 5.20. The predicted octanol–water partition coefficient (Wildman–Crippen LogP) is 3.19. The number of rotatable bonds is 8. The van der Waals surface area contributed by atoms with Crippen LogP contribution in [-0.4, -0.2) is 24.7 Å². The van der Waals surface area contributed by atoms with Crippen molar-refractivity contribution in [3.63, 3.8) is 0 Å². The minimum absolute atomic E-state index is 0.501. The van der Waals surface area contributed by atoms with Crippen LogP contribution in [0.25, 0.3) is 0 Å². The number of ether oxygens (including phenoxy) is 1. The van der Waals surface area contributed by atoms with E-state index in [-0.39, 0.29) is 0 Å². The average Bonchev–Trinajstić information content (AvgIpc) is 2.45. The second-order valence-corrected chi connectivity index (χ2v) is 5.81. The summed E-state index contributed by atoms with van der Waals surface area (Å²) in [5.41, 5.74) is 1.73. The molecule has 0 fully saturated rings. The molecule has 0 aliphatic rings. The lowest BCUT2D eigenvalue weighted by molar-refractivity contribution is 0.412. The number of nitrogens with zero attached hydrogens (tertiary/aromatic N) is 1. The van der Waals surface area contributed by atoms with Crippen LogP contribution in [0.1, 0.15) is 31.4 Å². The Bertz CT molecular complexity index is 429. The maximum Gasteiger partial charge on any atom is 0.136 e. The van der Waals surface area contributed by atoms with E-state index in [0.29, 0.717) is 17.4 Å². The Morgan fingerprint density at radius 1 is 1.47 bits per heavy atom. The third kappa shape index (κ3) is 5.54. The maximum atomic E-state index is 8.93. The number of thioether (sulfide) groups is 1. The molecule has 0 aromatic heterocycles. The maximum absolute atomic E-state index is 8.93. The highest BCUT2D eigenvalue weighted by molar-refractivity contribution is 7.99. The molecule has 4 heteroatoms. The first kappa shape index (κ1) is 15.9. The van der Waals surface area contributed by atoms with E-state index in [0.717, 1.165) is 12.1 Å². The predicted molar refractivity (Wildman–Crippen MR) is 81.6 cm³/mol. The van der Waals surface area contributed by atoms with Gasteiger partial charge in [-0.05, 0) is 42.5 Å². The van der Waals surface area contributed by atoms with E-state index in [4.69, 9.17) is 10.00 Å². The highest BCUT2D eigenvalue weighted by Gasteiger charge is 2.05. The minimum Gasteiger partial charge on any atom is -0.495 e. The van der Waals surface area contributed by atoms with Gasteiger partial charge in [0.2, 0.25) is 0 Å². The van der Waals surface area contributed by atoms with Gasteiger partial charge in [-0.15, -0.1) is 0 Å². The molecule has 1 atom stereocenters. The highest BCUT2D eigenvalue weighted by Crippen LogP contribution is 2.19. The zero-order valence-corrected chi connectivity index (χ0v) is 12.7. The first-order valence-corrected chi connectivity index (χ1v) is 7.74. The minimum atomic E-state index is 0.501. The summed E-state index contributed by atoms with van der Waals surface area (Å²) >= 11 is 1.97. The second kappa shape index (κ2) is 8.84. The van der Waals surface area contributed by atoms with Gasteiger partial charge < -0.3 is 10.1 Å². The first-order valence-electron chi connectivity index (χ1n) is 6.59. The van der Waals surface area contributed by atoms with Crippen LogP contribution in [0.4, 0.5) is 0 Å². The number of nitriles is 1. The molecule has 0 bridgehead atoms. The number of methoxy groups -OCH3 is 1. The van der Waals surface area contributed by atoms with Crippen LogP contribution in [0.2, 0.25) is 0 Å². The summed E-state index contributed by atoms with van der Waals surface area (Å²) in [7, 11) is 1.60. The molecule has 104 valence electrons. The van der Waals surface area contributed by atoms with Crippen LogP contribution in [0, 0.1) is 11.3 Å². The molecule has 19 heavy (non-hydrogen) atoms. The Balaban J connectivity index is 2.47. The molecular formula is C15H22N2OS. The Kier molecular flexibility index (Phi) is 7.39. The Morgan fingerprint density at radius 2 is 2.26 bits per heavy atom. The third-order valence-electron chi connectivity index (χ3n) is 2.94. The smallest absolute Gasteiger partial charge is 0.136 e. The van der Waals surface area contributed by atoms with Crippen LogP contribution in [0.3, 0.4) is 0 Å². The van der Waals surface area contributed by atoms with Gasteiger partial charge in [-0.3, -0.25) is 0 Å². The summed E-state index contributed by atoms with van der Waals surface area (Å²) in [6.07, 6.45) is 1.17. The molecule has 3 nitrogen and oxygen atoms in total. The zero-order chi connectivity index (χ0) is 14.1. The van der Waals surface area contributed by atoms with Crippen molar-refractivity contribution in [1.29, 1.82) is 5.26 Å². The van der Waals surface area contributed by atoms with Crippen molar-refractivity contribution in [3.05, 3.63) is 29.3 Å². The van der Waals surface area contributed by atoms with Crippen molar-refractivity contribution in [3.8, 4) is 11.8 Å². The summed E-state index contributed by atoms with van der Waals surface area (Å²) in [5.74, 6) is 3.02. The second-order valence-electron chi connectivity index (χ2n) is 4.41. The Labute approximate surface area is 120 Å². The number of hydrogen-bond acceptors (Lipinski definition) is 4. The summed E-state index contributed by atoms with van der Waals surface area (Å²) in [5, 5.41) is 12.4. The number of nitrogens with one attached hydrogen (secondary N) is 1. The van der Waals surface area contributed by atoms with Crippen LogP contribution in [0.5, 0.6) is 5.75 Å². The molecule has 1 N–H and O–H groups in total. The standard InChI is InChI=1S/C15H22N2OS/c1-4-19-8-7-12(2)17-11-13-5-6-14(10-16)15(9-13)18-3/h5-6,9,12,17H,4,7-8,11H2,1-3H3. The van der Waals surface area contributed by atoms with Gasteiger partial charge in [0.15, 0.2) is 0 Å². The molecule has 0 radical (unpaired) electrons. The van der Waals surface area contributed by atoms with Gasteiger partial charge in [-0.2, -0.15) is 17.0 Å². The Morgan fingerprint density at radius 3 is 2.89 bits per heavy atom. The highest BCUT2D eigenvalue weighted by atomic mass is 32.2. The lowest BCUT2D eigenvalue weighted by atomic mass is 10.1. The molecule has 0 aliphatic carbocycles. The third-order valence-corrected chi connectivity index (χ3v) is 3.87. The van der Waals surface area contributed by atoms with Crippen molar-refractivity contribution in [2.75, 3.05) is 18.6 Å². The average molecular weight is 278 g/mol. The molecule has 0 spiro atoms. The van der Waals surface area contributed by atoms with E-state index in [2.05, 4.69) is 25.2 Å². The van der Waals surface area contributed by atoms with Crippen LogP contribution in [-0.2, 0) is 6.54 Å². The monoisotopic (exact) mass is 278 g/mol. The molecule has 0 aliphatic heterocycles. The molecule has 1 aromatic rings. The van der Waals surface area contributed by atoms with E-state index in [1.165, 1.54) is 17.9 Å². The van der Waals surface area contributed by atoms with Gasteiger partial charge in [-0.25, -0.2) is 0 Å². The molecule has 0 saturated carbocycles. The topological polar surface area (TPSA) is 45.0 Å². The van der Waals surface area contributed by atoms with Crippen molar-refractivity contribution in [2.24, 2.45) is 0 Å². The SMILES string of the molecule is CCSCCC(C)NCc1ccc(C#N)c(OC)c1. The van der Waals surface area contributed by atoms with E-state index < -0.39 is 0 Å². The van der Waals surface area contributed by atoms with Crippen LogP contribution >= 0.6 is 11.8 Å². The largest absolute Gasteiger partial charge is 0.495 e. The summed E-state index contributed by atoms with van der Waals surface area (Å²) in [6, 6.07) is 8.34. The normalized spacial score (nSPS) is 11.9. The van der Waals surface area contributed by atoms with Gasteiger partial charge >= 0.3 is 0 Å². The Hall–Kier alpha value is -1.18.